The zero-order chi connectivity index (χ0) is 14.7. The Morgan fingerprint density at radius 3 is 2.90 bits per heavy atom. The van der Waals surface area contributed by atoms with Crippen LogP contribution in [0.1, 0.15) is 11.1 Å². The van der Waals surface area contributed by atoms with Crippen LogP contribution in [0.15, 0.2) is 30.6 Å². The van der Waals surface area contributed by atoms with Crippen molar-refractivity contribution in [2.45, 2.75) is 26.2 Å². The summed E-state index contributed by atoms with van der Waals surface area (Å²) in [6, 6.07) is 8.64. The minimum Gasteiger partial charge on any atom is -0.383 e. The Balaban J connectivity index is 1.68. The first-order valence-electron chi connectivity index (χ1n) is 7.18. The summed E-state index contributed by atoms with van der Waals surface area (Å²) in [5, 5.41) is 4.40. The maximum atomic E-state index is 5.47. The van der Waals surface area contributed by atoms with Gasteiger partial charge in [0.05, 0.1) is 13.3 Å². The Hall–Kier alpha value is -1.50. The molecular formula is C15H20N4OS. The largest absolute Gasteiger partial charge is 0.383 e. The van der Waals surface area contributed by atoms with E-state index in [1.807, 2.05) is 9.25 Å². The van der Waals surface area contributed by atoms with Crippen LogP contribution < -0.4 is 0 Å². The molecule has 3 rings (SSSR count). The summed E-state index contributed by atoms with van der Waals surface area (Å²) < 4.78 is 9.68. The van der Waals surface area contributed by atoms with E-state index in [1.165, 1.54) is 11.1 Å². The third-order valence-electron chi connectivity index (χ3n) is 3.88. The second-order valence-electron chi connectivity index (χ2n) is 5.31. The second-order valence-corrected chi connectivity index (χ2v) is 5.68. The van der Waals surface area contributed by atoms with Crippen LogP contribution >= 0.6 is 12.2 Å². The molecule has 0 unspecified atom stereocenters. The topological polar surface area (TPSA) is 35.2 Å². The lowest BCUT2D eigenvalue weighted by Gasteiger charge is -2.28. The molecule has 0 fully saturated rings. The van der Waals surface area contributed by atoms with Crippen molar-refractivity contribution in [3.63, 3.8) is 0 Å². The summed E-state index contributed by atoms with van der Waals surface area (Å²) in [5.41, 5.74) is 2.87. The molecule has 0 bridgehead atoms. The molecule has 0 atom stereocenters. The van der Waals surface area contributed by atoms with Gasteiger partial charge in [-0.2, -0.15) is 5.10 Å². The Kier molecular flexibility index (Phi) is 4.48. The summed E-state index contributed by atoms with van der Waals surface area (Å²) in [5.74, 6) is 0. The third-order valence-corrected chi connectivity index (χ3v) is 4.32. The lowest BCUT2D eigenvalue weighted by atomic mass is 10.0. The van der Waals surface area contributed by atoms with Gasteiger partial charge < -0.3 is 9.30 Å². The van der Waals surface area contributed by atoms with Crippen LogP contribution in [0, 0.1) is 4.77 Å². The van der Waals surface area contributed by atoms with Crippen molar-refractivity contribution < 1.29 is 4.74 Å². The third kappa shape index (κ3) is 3.23. The highest BCUT2D eigenvalue weighted by Gasteiger charge is 2.16. The van der Waals surface area contributed by atoms with Gasteiger partial charge in [0.1, 0.15) is 6.33 Å². The predicted octanol–water partition coefficient (Wildman–Crippen LogP) is 2.08. The highest BCUT2D eigenvalue weighted by atomic mass is 32.1. The van der Waals surface area contributed by atoms with Gasteiger partial charge in [0.2, 0.25) is 0 Å². The fraction of sp³-hybridized carbons (Fsp3) is 0.467. The average molecular weight is 304 g/mol. The number of ether oxygens (including phenoxy) is 1. The van der Waals surface area contributed by atoms with Gasteiger partial charge in [-0.1, -0.05) is 24.3 Å². The van der Waals surface area contributed by atoms with Gasteiger partial charge in [-0.15, -0.1) is 0 Å². The molecule has 0 spiro atoms. The normalized spacial score (nSPS) is 15.1. The summed E-state index contributed by atoms with van der Waals surface area (Å²) in [7, 11) is 1.69. The summed E-state index contributed by atoms with van der Waals surface area (Å²) >= 11 is 5.47. The van der Waals surface area contributed by atoms with Gasteiger partial charge in [-0.25, -0.2) is 4.68 Å². The maximum absolute atomic E-state index is 5.47. The Bertz CT molecular complexity index is 664. The zero-order valence-electron chi connectivity index (χ0n) is 12.2. The molecule has 1 aliphatic heterocycles. The van der Waals surface area contributed by atoms with Crippen molar-refractivity contribution in [1.29, 1.82) is 0 Å². The van der Waals surface area contributed by atoms with E-state index in [-0.39, 0.29) is 0 Å². The van der Waals surface area contributed by atoms with E-state index >= 15 is 0 Å². The predicted molar refractivity (Wildman–Crippen MR) is 83.5 cm³/mol. The number of methoxy groups -OCH3 is 1. The smallest absolute Gasteiger partial charge is 0.198 e. The van der Waals surface area contributed by atoms with Gasteiger partial charge >= 0.3 is 0 Å². The van der Waals surface area contributed by atoms with Gasteiger partial charge in [-0.05, 0) is 29.8 Å². The van der Waals surface area contributed by atoms with Gasteiger partial charge in [-0.3, -0.25) is 4.90 Å². The zero-order valence-corrected chi connectivity index (χ0v) is 13.1. The Morgan fingerprint density at radius 1 is 1.29 bits per heavy atom. The van der Waals surface area contributed by atoms with Gasteiger partial charge in [0.25, 0.3) is 0 Å². The molecule has 1 aromatic heterocycles. The number of nitrogens with zero attached hydrogens (tertiary/aromatic N) is 4. The van der Waals surface area contributed by atoms with Crippen LogP contribution in [0.25, 0.3) is 0 Å². The molecular weight excluding hydrogens is 284 g/mol. The fourth-order valence-electron chi connectivity index (χ4n) is 2.68. The monoisotopic (exact) mass is 304 g/mol. The molecule has 0 aliphatic carbocycles. The number of benzene rings is 1. The van der Waals surface area contributed by atoms with Crippen molar-refractivity contribution >= 4 is 12.2 Å². The molecule has 112 valence electrons. The molecule has 0 N–H and O–H groups in total. The maximum Gasteiger partial charge on any atom is 0.198 e. The lowest BCUT2D eigenvalue weighted by molar-refractivity contribution is 0.181. The molecule has 0 amide bonds. The molecule has 2 aromatic rings. The van der Waals surface area contributed by atoms with E-state index in [4.69, 9.17) is 17.0 Å². The SMILES string of the molecule is COCCn1cnn(CN2CCc3ccccc3C2)c1=S. The summed E-state index contributed by atoms with van der Waals surface area (Å²) in [6.07, 6.45) is 2.88. The molecule has 1 aliphatic rings. The van der Waals surface area contributed by atoms with Crippen molar-refractivity contribution in [2.75, 3.05) is 20.3 Å². The highest BCUT2D eigenvalue weighted by molar-refractivity contribution is 7.71. The van der Waals surface area contributed by atoms with Crippen molar-refractivity contribution in [3.8, 4) is 0 Å². The van der Waals surface area contributed by atoms with E-state index in [1.54, 1.807) is 13.4 Å². The first kappa shape index (κ1) is 14.4. The second kappa shape index (κ2) is 6.51. The van der Waals surface area contributed by atoms with Crippen LogP contribution in [-0.4, -0.2) is 39.5 Å². The van der Waals surface area contributed by atoms with E-state index in [2.05, 4.69) is 34.3 Å². The summed E-state index contributed by atoms with van der Waals surface area (Å²) in [6.45, 7) is 4.15. The number of rotatable bonds is 5. The average Bonchev–Trinajstić information content (AvgIpc) is 2.86. The minimum atomic E-state index is 0.650. The van der Waals surface area contributed by atoms with Crippen LogP contribution in [0.3, 0.4) is 0 Å². The van der Waals surface area contributed by atoms with E-state index in [9.17, 15) is 0 Å². The van der Waals surface area contributed by atoms with Crippen molar-refractivity contribution in [3.05, 3.63) is 46.5 Å². The van der Waals surface area contributed by atoms with Crippen LogP contribution in [-0.2, 0) is 30.9 Å². The number of hydrogen-bond donors (Lipinski definition) is 0. The van der Waals surface area contributed by atoms with Crippen molar-refractivity contribution in [1.82, 2.24) is 19.2 Å². The summed E-state index contributed by atoms with van der Waals surface area (Å²) in [4.78, 5) is 2.38. The Labute approximate surface area is 129 Å². The van der Waals surface area contributed by atoms with E-state index < -0.39 is 0 Å². The lowest BCUT2D eigenvalue weighted by Crippen LogP contribution is -2.32. The standard InChI is InChI=1S/C15H20N4OS/c1-20-9-8-18-11-16-19(15(18)21)12-17-7-6-13-4-2-3-5-14(13)10-17/h2-5,11H,6-10,12H2,1H3. The molecule has 1 aromatic carbocycles. The molecule has 0 radical (unpaired) electrons. The molecule has 2 heterocycles. The molecule has 6 heteroatoms. The molecule has 0 saturated heterocycles. The van der Waals surface area contributed by atoms with E-state index in [0.29, 0.717) is 6.61 Å². The number of hydrogen-bond acceptors (Lipinski definition) is 4. The highest BCUT2D eigenvalue weighted by Crippen LogP contribution is 2.18. The van der Waals surface area contributed by atoms with Crippen LogP contribution in [0.2, 0.25) is 0 Å². The van der Waals surface area contributed by atoms with Gasteiger partial charge in [0.15, 0.2) is 4.77 Å². The molecule has 21 heavy (non-hydrogen) atoms. The van der Waals surface area contributed by atoms with E-state index in [0.717, 1.165) is 37.5 Å². The van der Waals surface area contributed by atoms with Crippen LogP contribution in [0.5, 0.6) is 0 Å². The van der Waals surface area contributed by atoms with Gasteiger partial charge in [0, 0.05) is 26.7 Å². The first-order valence-corrected chi connectivity index (χ1v) is 7.59. The number of fused-ring (bicyclic) bond motifs is 1. The van der Waals surface area contributed by atoms with Crippen molar-refractivity contribution in [2.24, 2.45) is 0 Å². The molecule has 5 nitrogen and oxygen atoms in total. The first-order chi connectivity index (χ1) is 10.3. The molecule has 0 saturated carbocycles. The quantitative estimate of drug-likeness (QED) is 0.792. The van der Waals surface area contributed by atoms with Crippen LogP contribution in [0.4, 0.5) is 0 Å². The fourth-order valence-corrected chi connectivity index (χ4v) is 2.92. The number of aromatic nitrogens is 3. The minimum absolute atomic E-state index is 0.650. The Morgan fingerprint density at radius 2 is 2.10 bits per heavy atom.